The third-order valence-electron chi connectivity index (χ3n) is 3.81. The Bertz CT molecular complexity index is 786. The summed E-state index contributed by atoms with van der Waals surface area (Å²) >= 11 is 0. The van der Waals surface area contributed by atoms with Gasteiger partial charge >= 0.3 is 5.97 Å². The first-order chi connectivity index (χ1) is 11.6. The standard InChI is InChI=1S/C18H17NO5/c20-16-6-3-9-19(16)17(21)11-24-18(22)12-23-15-8-7-13-4-1-2-5-14(13)10-15/h1-2,4-5,7-8,10H,3,6,9,11-12H2. The van der Waals surface area contributed by atoms with Gasteiger partial charge in [0, 0.05) is 13.0 Å². The van der Waals surface area contributed by atoms with Gasteiger partial charge in [-0.1, -0.05) is 30.3 Å². The number of carbonyl (C=O) groups excluding carboxylic acids is 3. The van der Waals surface area contributed by atoms with Crippen molar-refractivity contribution in [2.75, 3.05) is 19.8 Å². The smallest absolute Gasteiger partial charge is 0.344 e. The lowest BCUT2D eigenvalue weighted by atomic mass is 10.1. The SMILES string of the molecule is O=C(COc1ccc2ccccc2c1)OCC(=O)N1CCCC1=O. The molecule has 0 atom stereocenters. The molecule has 24 heavy (non-hydrogen) atoms. The number of imide groups is 1. The molecule has 0 unspecified atom stereocenters. The molecule has 2 amide bonds. The summed E-state index contributed by atoms with van der Waals surface area (Å²) < 4.78 is 10.3. The minimum Gasteiger partial charge on any atom is -0.482 e. The van der Waals surface area contributed by atoms with Crippen LogP contribution < -0.4 is 4.74 Å². The van der Waals surface area contributed by atoms with Crippen LogP contribution in [0, 0.1) is 0 Å². The average Bonchev–Trinajstić information content (AvgIpc) is 3.03. The normalized spacial score (nSPS) is 14.0. The van der Waals surface area contributed by atoms with E-state index in [-0.39, 0.29) is 12.5 Å². The number of carbonyl (C=O) groups is 3. The second-order valence-corrected chi connectivity index (χ2v) is 5.50. The lowest BCUT2D eigenvalue weighted by molar-refractivity contribution is -0.155. The van der Waals surface area contributed by atoms with Crippen LogP contribution in [0.2, 0.25) is 0 Å². The summed E-state index contributed by atoms with van der Waals surface area (Å²) in [5.74, 6) is -0.810. The van der Waals surface area contributed by atoms with Gasteiger partial charge < -0.3 is 9.47 Å². The highest BCUT2D eigenvalue weighted by Crippen LogP contribution is 2.20. The first-order valence-electron chi connectivity index (χ1n) is 7.74. The van der Waals surface area contributed by atoms with Crippen molar-refractivity contribution in [1.29, 1.82) is 0 Å². The average molecular weight is 327 g/mol. The highest BCUT2D eigenvalue weighted by Gasteiger charge is 2.26. The van der Waals surface area contributed by atoms with Crippen molar-refractivity contribution in [2.24, 2.45) is 0 Å². The van der Waals surface area contributed by atoms with Crippen molar-refractivity contribution in [3.8, 4) is 5.75 Å². The predicted octanol–water partition coefficient (Wildman–Crippen LogP) is 1.91. The quantitative estimate of drug-likeness (QED) is 0.784. The van der Waals surface area contributed by atoms with E-state index in [1.165, 1.54) is 0 Å². The zero-order valence-corrected chi connectivity index (χ0v) is 13.1. The minimum atomic E-state index is -0.650. The summed E-state index contributed by atoms with van der Waals surface area (Å²) in [6.45, 7) is -0.339. The Balaban J connectivity index is 1.48. The van der Waals surface area contributed by atoms with Crippen LogP contribution in [-0.4, -0.2) is 42.4 Å². The van der Waals surface area contributed by atoms with Crippen LogP contribution in [0.3, 0.4) is 0 Å². The maximum absolute atomic E-state index is 11.8. The Kier molecular flexibility index (Phi) is 4.74. The molecule has 1 aliphatic rings. The molecule has 0 radical (unpaired) electrons. The van der Waals surface area contributed by atoms with Crippen molar-refractivity contribution < 1.29 is 23.9 Å². The number of ether oxygens (including phenoxy) is 2. The molecule has 2 aromatic rings. The second-order valence-electron chi connectivity index (χ2n) is 5.50. The molecular weight excluding hydrogens is 310 g/mol. The van der Waals surface area contributed by atoms with E-state index in [4.69, 9.17) is 9.47 Å². The Morgan fingerprint density at radius 1 is 1.04 bits per heavy atom. The molecule has 0 spiro atoms. The van der Waals surface area contributed by atoms with Crippen molar-refractivity contribution in [1.82, 2.24) is 4.90 Å². The number of likely N-dealkylation sites (tertiary alicyclic amines) is 1. The number of rotatable bonds is 5. The molecule has 6 heteroatoms. The van der Waals surface area contributed by atoms with E-state index in [1.807, 2.05) is 36.4 Å². The lowest BCUT2D eigenvalue weighted by Gasteiger charge is -2.13. The van der Waals surface area contributed by atoms with E-state index in [0.717, 1.165) is 15.7 Å². The number of esters is 1. The van der Waals surface area contributed by atoms with Gasteiger partial charge in [0.25, 0.3) is 5.91 Å². The molecule has 1 saturated heterocycles. The summed E-state index contributed by atoms with van der Waals surface area (Å²) in [5, 5.41) is 2.08. The Morgan fingerprint density at radius 3 is 2.58 bits per heavy atom. The van der Waals surface area contributed by atoms with E-state index in [1.54, 1.807) is 6.07 Å². The van der Waals surface area contributed by atoms with E-state index in [0.29, 0.717) is 25.1 Å². The van der Waals surface area contributed by atoms with Gasteiger partial charge in [-0.05, 0) is 29.3 Å². The van der Waals surface area contributed by atoms with Crippen LogP contribution in [0.5, 0.6) is 5.75 Å². The van der Waals surface area contributed by atoms with E-state index >= 15 is 0 Å². The zero-order chi connectivity index (χ0) is 16.9. The zero-order valence-electron chi connectivity index (χ0n) is 13.1. The molecule has 0 aromatic heterocycles. The fourth-order valence-electron chi connectivity index (χ4n) is 2.57. The van der Waals surface area contributed by atoms with E-state index < -0.39 is 18.5 Å². The molecule has 6 nitrogen and oxygen atoms in total. The van der Waals surface area contributed by atoms with Crippen LogP contribution in [0.4, 0.5) is 0 Å². The summed E-state index contributed by atoms with van der Waals surface area (Å²) in [7, 11) is 0. The number of benzene rings is 2. The molecule has 124 valence electrons. The van der Waals surface area contributed by atoms with Gasteiger partial charge in [-0.2, -0.15) is 0 Å². The van der Waals surface area contributed by atoms with Crippen LogP contribution in [-0.2, 0) is 19.1 Å². The van der Waals surface area contributed by atoms with Gasteiger partial charge in [-0.25, -0.2) is 4.79 Å². The molecule has 0 bridgehead atoms. The lowest BCUT2D eigenvalue weighted by Crippen LogP contribution is -2.35. The summed E-state index contributed by atoms with van der Waals surface area (Å²) in [6, 6.07) is 13.3. The topological polar surface area (TPSA) is 72.9 Å². The summed E-state index contributed by atoms with van der Waals surface area (Å²) in [5.41, 5.74) is 0. The van der Waals surface area contributed by atoms with Crippen LogP contribution in [0.25, 0.3) is 10.8 Å². The van der Waals surface area contributed by atoms with Crippen LogP contribution >= 0.6 is 0 Å². The fourth-order valence-corrected chi connectivity index (χ4v) is 2.57. The minimum absolute atomic E-state index is 0.219. The van der Waals surface area contributed by atoms with Gasteiger partial charge in [0.1, 0.15) is 5.75 Å². The third kappa shape index (κ3) is 3.71. The van der Waals surface area contributed by atoms with Gasteiger partial charge in [-0.3, -0.25) is 14.5 Å². The number of hydrogen-bond donors (Lipinski definition) is 0. The highest BCUT2D eigenvalue weighted by molar-refractivity contribution is 5.97. The molecule has 3 rings (SSSR count). The molecule has 0 saturated carbocycles. The molecule has 1 heterocycles. The predicted molar refractivity (Wildman–Crippen MR) is 86.4 cm³/mol. The van der Waals surface area contributed by atoms with E-state index in [9.17, 15) is 14.4 Å². The molecular formula is C18H17NO5. The number of nitrogens with zero attached hydrogens (tertiary/aromatic N) is 1. The Labute approximate surface area is 138 Å². The molecule has 0 aliphatic carbocycles. The number of amides is 2. The van der Waals surface area contributed by atoms with E-state index in [2.05, 4.69) is 0 Å². The van der Waals surface area contributed by atoms with Crippen molar-refractivity contribution in [2.45, 2.75) is 12.8 Å². The van der Waals surface area contributed by atoms with Crippen molar-refractivity contribution in [3.05, 3.63) is 42.5 Å². The van der Waals surface area contributed by atoms with Gasteiger partial charge in [-0.15, -0.1) is 0 Å². The molecule has 1 aliphatic heterocycles. The molecule has 2 aromatic carbocycles. The number of fused-ring (bicyclic) bond motifs is 1. The first-order valence-corrected chi connectivity index (χ1v) is 7.74. The van der Waals surface area contributed by atoms with Crippen molar-refractivity contribution >= 4 is 28.6 Å². The number of hydrogen-bond acceptors (Lipinski definition) is 5. The highest BCUT2D eigenvalue weighted by atomic mass is 16.6. The molecule has 1 fully saturated rings. The van der Waals surface area contributed by atoms with Gasteiger partial charge in [0.2, 0.25) is 5.91 Å². The fraction of sp³-hybridized carbons (Fsp3) is 0.278. The summed E-state index contributed by atoms with van der Waals surface area (Å²) in [6.07, 6.45) is 1.02. The monoisotopic (exact) mass is 327 g/mol. The Morgan fingerprint density at radius 2 is 1.83 bits per heavy atom. The second kappa shape index (κ2) is 7.12. The maximum atomic E-state index is 11.8. The third-order valence-corrected chi connectivity index (χ3v) is 3.81. The van der Waals surface area contributed by atoms with Gasteiger partial charge in [0.05, 0.1) is 0 Å². The molecule has 0 N–H and O–H groups in total. The Hall–Kier alpha value is -2.89. The van der Waals surface area contributed by atoms with Gasteiger partial charge in [0.15, 0.2) is 13.2 Å². The van der Waals surface area contributed by atoms with Crippen molar-refractivity contribution in [3.63, 3.8) is 0 Å². The first kappa shape index (κ1) is 16.0. The van der Waals surface area contributed by atoms with Crippen LogP contribution in [0.15, 0.2) is 42.5 Å². The maximum Gasteiger partial charge on any atom is 0.344 e. The van der Waals surface area contributed by atoms with Crippen LogP contribution in [0.1, 0.15) is 12.8 Å². The summed E-state index contributed by atoms with van der Waals surface area (Å²) in [4.78, 5) is 36.0. The largest absolute Gasteiger partial charge is 0.482 e.